The number of furan rings is 1. The molecule has 2 rings (SSSR count). The summed E-state index contributed by atoms with van der Waals surface area (Å²) in [6, 6.07) is 11.9. The van der Waals surface area contributed by atoms with E-state index in [9.17, 15) is 5.11 Å². The number of hydrogen-bond donors (Lipinski definition) is 3. The van der Waals surface area contributed by atoms with Crippen LogP contribution in [0.4, 0.5) is 0 Å². The number of ether oxygens (including phenoxy) is 1. The fraction of sp³-hybridized carbons (Fsp3) is 0.500. The molecule has 1 unspecified atom stereocenters. The van der Waals surface area contributed by atoms with Crippen LogP contribution in [0.1, 0.15) is 18.2 Å². The van der Waals surface area contributed by atoms with Gasteiger partial charge < -0.3 is 29.8 Å². The Kier molecular flexibility index (Phi) is 11.8. The molecule has 7 nitrogen and oxygen atoms in total. The molecule has 0 saturated heterocycles. The number of hydrogen-bond acceptors (Lipinski definition) is 5. The lowest BCUT2D eigenvalue weighted by Gasteiger charge is -2.25. The Morgan fingerprint density at radius 3 is 2.37 bits per heavy atom. The third-order valence-corrected chi connectivity index (χ3v) is 4.34. The van der Waals surface area contributed by atoms with Crippen LogP contribution in [0.2, 0.25) is 0 Å². The zero-order valence-electron chi connectivity index (χ0n) is 18.4. The van der Waals surface area contributed by atoms with E-state index in [1.54, 1.807) is 20.3 Å². The van der Waals surface area contributed by atoms with E-state index >= 15 is 0 Å². The van der Waals surface area contributed by atoms with Crippen molar-refractivity contribution < 1.29 is 14.3 Å². The summed E-state index contributed by atoms with van der Waals surface area (Å²) >= 11 is 0. The standard InChI is InChI=1S/C22H34N4O3.HI/c1-22(27,17-26(2)3)16-25-21(24-14-12-20-6-5-15-29-20)23-13-11-18-7-9-19(28-4)10-8-18;/h5-10,15,27H,11-14,16-17H2,1-4H3,(H2,23,24,25);1H. The average molecular weight is 530 g/mol. The van der Waals surface area contributed by atoms with Gasteiger partial charge in [0.2, 0.25) is 0 Å². The first-order valence-electron chi connectivity index (χ1n) is 9.92. The van der Waals surface area contributed by atoms with E-state index in [1.165, 1.54) is 5.56 Å². The van der Waals surface area contributed by atoms with Gasteiger partial charge in [0, 0.05) is 26.1 Å². The average Bonchev–Trinajstić information content (AvgIpc) is 3.19. The predicted octanol–water partition coefficient (Wildman–Crippen LogP) is 2.54. The number of aliphatic hydroxyl groups is 1. The Hall–Kier alpha value is -1.78. The van der Waals surface area contributed by atoms with Gasteiger partial charge in [-0.3, -0.25) is 4.99 Å². The molecule has 2 aromatic rings. The molecule has 0 spiro atoms. The minimum atomic E-state index is -0.894. The van der Waals surface area contributed by atoms with E-state index in [0.717, 1.165) is 30.9 Å². The topological polar surface area (TPSA) is 82.3 Å². The number of nitrogens with zero attached hydrogens (tertiary/aromatic N) is 2. The van der Waals surface area contributed by atoms with Crippen LogP contribution in [0.3, 0.4) is 0 Å². The highest BCUT2D eigenvalue weighted by Crippen LogP contribution is 2.11. The second-order valence-electron chi connectivity index (χ2n) is 7.68. The third kappa shape index (κ3) is 10.3. The van der Waals surface area contributed by atoms with Crippen molar-refractivity contribution in [2.24, 2.45) is 4.99 Å². The van der Waals surface area contributed by atoms with Gasteiger partial charge in [0.1, 0.15) is 11.5 Å². The molecule has 30 heavy (non-hydrogen) atoms. The highest BCUT2D eigenvalue weighted by atomic mass is 127. The maximum absolute atomic E-state index is 10.5. The summed E-state index contributed by atoms with van der Waals surface area (Å²) in [6.07, 6.45) is 3.30. The maximum atomic E-state index is 10.5. The van der Waals surface area contributed by atoms with E-state index in [1.807, 2.05) is 43.3 Å². The normalized spacial score (nSPS) is 13.5. The van der Waals surface area contributed by atoms with Crippen molar-refractivity contribution in [2.75, 3.05) is 47.4 Å². The number of guanidine groups is 1. The number of methoxy groups -OCH3 is 1. The molecule has 0 amide bonds. The number of likely N-dealkylation sites (N-methyl/N-ethyl adjacent to an activating group) is 1. The molecule has 0 radical (unpaired) electrons. The van der Waals surface area contributed by atoms with Crippen molar-refractivity contribution in [3.05, 3.63) is 54.0 Å². The van der Waals surface area contributed by atoms with Crippen molar-refractivity contribution in [1.82, 2.24) is 15.5 Å². The SMILES string of the molecule is COc1ccc(CCNC(=NCC(C)(O)CN(C)C)NCCc2ccco2)cc1.I. The smallest absolute Gasteiger partial charge is 0.191 e. The van der Waals surface area contributed by atoms with E-state index in [0.29, 0.717) is 25.6 Å². The largest absolute Gasteiger partial charge is 0.497 e. The first kappa shape index (κ1) is 26.3. The lowest BCUT2D eigenvalue weighted by Crippen LogP contribution is -2.43. The molecule has 0 aliphatic heterocycles. The number of rotatable bonds is 11. The first-order chi connectivity index (χ1) is 13.9. The molecule has 3 N–H and O–H groups in total. The van der Waals surface area contributed by atoms with Gasteiger partial charge in [-0.2, -0.15) is 0 Å². The van der Waals surface area contributed by atoms with Gasteiger partial charge in [0.05, 0.1) is 25.5 Å². The van der Waals surface area contributed by atoms with Gasteiger partial charge in [-0.1, -0.05) is 12.1 Å². The Morgan fingerprint density at radius 2 is 1.80 bits per heavy atom. The van der Waals surface area contributed by atoms with Crippen molar-refractivity contribution in [1.29, 1.82) is 0 Å². The van der Waals surface area contributed by atoms with Crippen molar-refractivity contribution in [2.45, 2.75) is 25.4 Å². The maximum Gasteiger partial charge on any atom is 0.191 e. The number of aliphatic imine (C=N–C) groups is 1. The van der Waals surface area contributed by atoms with Gasteiger partial charge in [0.15, 0.2) is 5.96 Å². The Balaban J connectivity index is 0.00000450. The molecule has 0 aliphatic carbocycles. The molecule has 0 saturated carbocycles. The van der Waals surface area contributed by atoms with Gasteiger partial charge in [-0.05, 0) is 57.3 Å². The second-order valence-corrected chi connectivity index (χ2v) is 7.68. The summed E-state index contributed by atoms with van der Waals surface area (Å²) in [5.74, 6) is 2.46. The van der Waals surface area contributed by atoms with Crippen LogP contribution in [0.15, 0.2) is 52.1 Å². The van der Waals surface area contributed by atoms with Gasteiger partial charge >= 0.3 is 0 Å². The van der Waals surface area contributed by atoms with Crippen LogP contribution in [0, 0.1) is 0 Å². The van der Waals surface area contributed by atoms with Gasteiger partial charge in [-0.15, -0.1) is 24.0 Å². The Labute approximate surface area is 196 Å². The van der Waals surface area contributed by atoms with Crippen LogP contribution < -0.4 is 15.4 Å². The summed E-state index contributed by atoms with van der Waals surface area (Å²) in [6.45, 7) is 4.08. The molecular weight excluding hydrogens is 495 g/mol. The summed E-state index contributed by atoms with van der Waals surface area (Å²) in [5.41, 5.74) is 0.322. The molecule has 168 valence electrons. The summed E-state index contributed by atoms with van der Waals surface area (Å²) in [5, 5.41) is 17.2. The molecule has 1 aromatic heterocycles. The summed E-state index contributed by atoms with van der Waals surface area (Å²) < 4.78 is 10.6. The van der Waals surface area contributed by atoms with E-state index in [-0.39, 0.29) is 24.0 Å². The second kappa shape index (κ2) is 13.5. The van der Waals surface area contributed by atoms with Crippen LogP contribution >= 0.6 is 24.0 Å². The minimum Gasteiger partial charge on any atom is -0.497 e. The molecule has 0 bridgehead atoms. The highest BCUT2D eigenvalue weighted by molar-refractivity contribution is 14.0. The van der Waals surface area contributed by atoms with Crippen LogP contribution in [0.25, 0.3) is 0 Å². The van der Waals surface area contributed by atoms with Gasteiger partial charge in [0.25, 0.3) is 0 Å². The summed E-state index contributed by atoms with van der Waals surface area (Å²) in [4.78, 5) is 6.55. The third-order valence-electron chi connectivity index (χ3n) is 4.34. The molecule has 0 fully saturated rings. The van der Waals surface area contributed by atoms with Crippen LogP contribution in [0.5, 0.6) is 5.75 Å². The molecule has 1 aromatic carbocycles. The fourth-order valence-corrected chi connectivity index (χ4v) is 3.03. The predicted molar refractivity (Wildman–Crippen MR) is 132 cm³/mol. The summed E-state index contributed by atoms with van der Waals surface area (Å²) in [7, 11) is 5.54. The first-order valence-corrected chi connectivity index (χ1v) is 9.92. The lowest BCUT2D eigenvalue weighted by atomic mass is 10.1. The zero-order chi connectivity index (χ0) is 21.1. The molecular formula is C22H35IN4O3. The van der Waals surface area contributed by atoms with E-state index in [4.69, 9.17) is 9.15 Å². The lowest BCUT2D eigenvalue weighted by molar-refractivity contribution is 0.0423. The van der Waals surface area contributed by atoms with Crippen LogP contribution in [-0.4, -0.2) is 69.0 Å². The van der Waals surface area contributed by atoms with Crippen molar-refractivity contribution >= 4 is 29.9 Å². The van der Waals surface area contributed by atoms with Crippen LogP contribution in [-0.2, 0) is 12.8 Å². The molecule has 1 heterocycles. The van der Waals surface area contributed by atoms with Crippen molar-refractivity contribution in [3.63, 3.8) is 0 Å². The fourth-order valence-electron chi connectivity index (χ4n) is 3.03. The zero-order valence-corrected chi connectivity index (χ0v) is 20.7. The number of halogens is 1. The number of benzene rings is 1. The van der Waals surface area contributed by atoms with E-state index < -0.39 is 5.60 Å². The molecule has 1 atom stereocenters. The van der Waals surface area contributed by atoms with E-state index in [2.05, 4.69) is 27.8 Å². The van der Waals surface area contributed by atoms with Crippen molar-refractivity contribution in [3.8, 4) is 5.75 Å². The quantitative estimate of drug-likeness (QED) is 0.236. The number of nitrogens with one attached hydrogen (secondary N) is 2. The van der Waals surface area contributed by atoms with Gasteiger partial charge in [-0.25, -0.2) is 0 Å². The molecule has 8 heteroatoms. The highest BCUT2D eigenvalue weighted by Gasteiger charge is 2.21. The monoisotopic (exact) mass is 530 g/mol. The Morgan fingerprint density at radius 1 is 1.13 bits per heavy atom. The minimum absolute atomic E-state index is 0. The Bertz CT molecular complexity index is 731. The molecule has 0 aliphatic rings.